The van der Waals surface area contributed by atoms with Gasteiger partial charge in [-0.3, -0.25) is 0 Å². The van der Waals surface area contributed by atoms with Crippen LogP contribution >= 0.6 is 15.9 Å². The first kappa shape index (κ1) is 16.9. The van der Waals surface area contributed by atoms with Gasteiger partial charge in [-0.25, -0.2) is 0 Å². The molecule has 0 bridgehead atoms. The summed E-state index contributed by atoms with van der Waals surface area (Å²) in [5.74, 6) is 1.05. The first-order chi connectivity index (χ1) is 11.8. The average Bonchev–Trinajstić information content (AvgIpc) is 2.52. The Morgan fingerprint density at radius 1 is 0.840 bits per heavy atom. The zero-order valence-corrected chi connectivity index (χ0v) is 17.9. The lowest BCUT2D eigenvalue weighted by Gasteiger charge is -2.27. The van der Waals surface area contributed by atoms with Gasteiger partial charge in [0, 0.05) is 10.0 Å². The number of hydrogen-bond acceptors (Lipinski definition) is 1. The van der Waals surface area contributed by atoms with E-state index in [2.05, 4.69) is 92.3 Å². The maximum absolute atomic E-state index is 6.34. The van der Waals surface area contributed by atoms with Gasteiger partial charge in [-0.2, -0.15) is 0 Å². The molecule has 4 aromatic rings. The number of halogens is 1. The molecule has 3 heteroatoms. The van der Waals surface area contributed by atoms with Crippen LogP contribution < -0.4 is 4.43 Å². The molecule has 0 amide bonds. The van der Waals surface area contributed by atoms with E-state index >= 15 is 0 Å². The highest BCUT2D eigenvalue weighted by molar-refractivity contribution is 9.10. The fourth-order valence-corrected chi connectivity index (χ4v) is 4.95. The van der Waals surface area contributed by atoms with Crippen LogP contribution in [0.15, 0.2) is 46.9 Å². The van der Waals surface area contributed by atoms with Gasteiger partial charge in [0.05, 0.1) is 0 Å². The van der Waals surface area contributed by atoms with Crippen LogP contribution in [0, 0.1) is 0 Å². The van der Waals surface area contributed by atoms with Gasteiger partial charge in [0.1, 0.15) is 5.75 Å². The molecular weight excluding hydrogens is 388 g/mol. The molecule has 4 aromatic carbocycles. The van der Waals surface area contributed by atoms with Gasteiger partial charge >= 0.3 is 0 Å². The van der Waals surface area contributed by atoms with Gasteiger partial charge in [0.15, 0.2) is 0 Å². The Kier molecular flexibility index (Phi) is 3.85. The first-order valence-corrected chi connectivity index (χ1v) is 11.9. The molecule has 0 fully saturated rings. The molecule has 1 nitrogen and oxygen atoms in total. The van der Waals surface area contributed by atoms with Crippen molar-refractivity contribution < 1.29 is 4.43 Å². The Morgan fingerprint density at radius 3 is 2.12 bits per heavy atom. The lowest BCUT2D eigenvalue weighted by Crippen LogP contribution is -2.18. The van der Waals surface area contributed by atoms with Crippen LogP contribution in [-0.4, -0.2) is 9.04 Å². The number of rotatable bonds is 2. The summed E-state index contributed by atoms with van der Waals surface area (Å²) < 4.78 is 7.49. The van der Waals surface area contributed by atoms with E-state index in [1.54, 1.807) is 0 Å². The minimum absolute atomic E-state index is 0.0200. The van der Waals surface area contributed by atoms with E-state index in [-0.39, 0.29) is 5.41 Å². The van der Waals surface area contributed by atoms with Crippen molar-refractivity contribution in [3.05, 3.63) is 52.5 Å². The van der Waals surface area contributed by atoms with E-state index in [9.17, 15) is 0 Å². The maximum atomic E-state index is 6.34. The predicted octanol–water partition coefficient (Wildman–Crippen LogP) is 7.27. The van der Waals surface area contributed by atoms with Gasteiger partial charge in [-0.1, -0.05) is 67.0 Å². The van der Waals surface area contributed by atoms with Crippen molar-refractivity contribution in [3.63, 3.8) is 0 Å². The normalized spacial score (nSPS) is 12.8. The Hall–Kier alpha value is -1.58. The van der Waals surface area contributed by atoms with Gasteiger partial charge in [0.25, 0.3) is 9.04 Å². The smallest absolute Gasteiger partial charge is 0.274 e. The molecule has 0 unspecified atom stereocenters. The Balaban J connectivity index is 2.24. The third-order valence-corrected chi connectivity index (χ3v) is 6.08. The summed E-state index contributed by atoms with van der Waals surface area (Å²) in [5.41, 5.74) is 1.34. The average molecular weight is 410 g/mol. The van der Waals surface area contributed by atoms with E-state index in [0.29, 0.717) is 0 Å². The van der Waals surface area contributed by atoms with Crippen molar-refractivity contribution >= 4 is 57.3 Å². The SMILES string of the molecule is C[Si](C)Oc1cc2ccc3c(Br)ccc4ccc(c1C(C)(C)C)c2c43. The van der Waals surface area contributed by atoms with E-state index < -0.39 is 9.04 Å². The zero-order valence-electron chi connectivity index (χ0n) is 15.3. The molecule has 0 aliphatic rings. The predicted molar refractivity (Wildman–Crippen MR) is 115 cm³/mol. The molecular formula is C22H22BrOSi. The second-order valence-electron chi connectivity index (χ2n) is 7.98. The van der Waals surface area contributed by atoms with E-state index in [1.165, 1.54) is 37.9 Å². The monoisotopic (exact) mass is 409 g/mol. The van der Waals surface area contributed by atoms with Gasteiger partial charge < -0.3 is 4.43 Å². The number of benzene rings is 4. The molecule has 127 valence electrons. The van der Waals surface area contributed by atoms with Crippen LogP contribution in [0.1, 0.15) is 26.3 Å². The van der Waals surface area contributed by atoms with E-state index in [4.69, 9.17) is 4.43 Å². The second kappa shape index (κ2) is 5.71. The van der Waals surface area contributed by atoms with E-state index in [0.717, 1.165) is 10.2 Å². The fraction of sp³-hybridized carbons (Fsp3) is 0.273. The molecule has 0 heterocycles. The summed E-state index contributed by atoms with van der Waals surface area (Å²) >= 11 is 3.73. The molecule has 0 aliphatic heterocycles. The highest BCUT2D eigenvalue weighted by Gasteiger charge is 2.25. The topological polar surface area (TPSA) is 9.23 Å². The van der Waals surface area contributed by atoms with Crippen molar-refractivity contribution in [2.45, 2.75) is 39.3 Å². The summed E-state index contributed by atoms with van der Waals surface area (Å²) in [5, 5.41) is 7.85. The van der Waals surface area contributed by atoms with Crippen molar-refractivity contribution in [2.24, 2.45) is 0 Å². The molecule has 0 aliphatic carbocycles. The molecule has 1 radical (unpaired) electrons. The van der Waals surface area contributed by atoms with Crippen LogP contribution in [0.4, 0.5) is 0 Å². The Morgan fingerprint density at radius 2 is 1.44 bits per heavy atom. The summed E-state index contributed by atoms with van der Waals surface area (Å²) in [6.45, 7) is 11.2. The second-order valence-corrected chi connectivity index (χ2v) is 10.9. The molecule has 0 saturated heterocycles. The molecule has 4 rings (SSSR count). The third-order valence-electron chi connectivity index (χ3n) is 4.76. The molecule has 0 aromatic heterocycles. The molecule has 0 atom stereocenters. The standard InChI is InChI=1S/C22H22BrOSi/c1-22(2,3)21-16-10-6-13-8-11-17(23)15-9-7-14(20(16)19(13)15)12-18(21)24-25(4)5/h6-12H,1-5H3. The lowest BCUT2D eigenvalue weighted by molar-refractivity contribution is 0.525. The summed E-state index contributed by atoms with van der Waals surface area (Å²) in [4.78, 5) is 0. The Bertz CT molecular complexity index is 1090. The Labute approximate surface area is 159 Å². The van der Waals surface area contributed by atoms with Gasteiger partial charge in [-0.15, -0.1) is 0 Å². The van der Waals surface area contributed by atoms with E-state index in [1.807, 2.05) is 0 Å². The maximum Gasteiger partial charge on any atom is 0.274 e. The van der Waals surface area contributed by atoms with Crippen molar-refractivity contribution in [3.8, 4) is 5.75 Å². The molecule has 0 saturated carbocycles. The summed E-state index contributed by atoms with van der Waals surface area (Å²) in [7, 11) is -0.826. The minimum atomic E-state index is -0.826. The summed E-state index contributed by atoms with van der Waals surface area (Å²) in [6.07, 6.45) is 0. The largest absolute Gasteiger partial charge is 0.542 e. The van der Waals surface area contributed by atoms with Crippen LogP contribution in [0.5, 0.6) is 5.75 Å². The molecule has 0 N–H and O–H groups in total. The zero-order chi connectivity index (χ0) is 17.9. The first-order valence-electron chi connectivity index (χ1n) is 8.66. The summed E-state index contributed by atoms with van der Waals surface area (Å²) in [6, 6.07) is 15.6. The van der Waals surface area contributed by atoms with Crippen molar-refractivity contribution in [2.75, 3.05) is 0 Å². The lowest BCUT2D eigenvalue weighted by atomic mass is 9.80. The molecule has 0 spiro atoms. The molecule has 25 heavy (non-hydrogen) atoms. The number of hydrogen-bond donors (Lipinski definition) is 0. The van der Waals surface area contributed by atoms with Crippen LogP contribution in [0.2, 0.25) is 13.1 Å². The van der Waals surface area contributed by atoms with Gasteiger partial charge in [0.2, 0.25) is 0 Å². The van der Waals surface area contributed by atoms with Gasteiger partial charge in [-0.05, 0) is 63.0 Å². The highest BCUT2D eigenvalue weighted by Crippen LogP contribution is 2.45. The highest BCUT2D eigenvalue weighted by atomic mass is 79.9. The fourth-order valence-electron chi connectivity index (χ4n) is 3.89. The van der Waals surface area contributed by atoms with Crippen molar-refractivity contribution in [1.82, 2.24) is 0 Å². The van der Waals surface area contributed by atoms with Crippen LogP contribution in [0.3, 0.4) is 0 Å². The van der Waals surface area contributed by atoms with Crippen LogP contribution in [0.25, 0.3) is 32.3 Å². The third kappa shape index (κ3) is 2.65. The van der Waals surface area contributed by atoms with Crippen LogP contribution in [-0.2, 0) is 5.41 Å². The minimum Gasteiger partial charge on any atom is -0.542 e. The quantitative estimate of drug-likeness (QED) is 0.249. The van der Waals surface area contributed by atoms with Crippen molar-refractivity contribution in [1.29, 1.82) is 0 Å².